The first-order valence-corrected chi connectivity index (χ1v) is 4.81. The summed E-state index contributed by atoms with van der Waals surface area (Å²) in [5, 5.41) is 13.2. The van der Waals surface area contributed by atoms with Crippen molar-refractivity contribution in [1.29, 1.82) is 0 Å². The van der Waals surface area contributed by atoms with Crippen LogP contribution in [0.2, 0.25) is 0 Å². The lowest BCUT2D eigenvalue weighted by molar-refractivity contribution is -0.138. The van der Waals surface area contributed by atoms with Crippen molar-refractivity contribution in [3.05, 3.63) is 18.2 Å². The Labute approximate surface area is 97.6 Å². The summed E-state index contributed by atoms with van der Waals surface area (Å²) in [5.74, 6) is -1.58. The van der Waals surface area contributed by atoms with E-state index in [9.17, 15) is 9.59 Å². The second-order valence-corrected chi connectivity index (χ2v) is 3.23. The number of carboxylic acid groups (broad SMARTS) is 1. The maximum absolute atomic E-state index is 11.6. The van der Waals surface area contributed by atoms with E-state index in [0.29, 0.717) is 6.42 Å². The topological polar surface area (TPSA) is 107 Å². The molecule has 1 aromatic rings. The van der Waals surface area contributed by atoms with Crippen LogP contribution in [0.1, 0.15) is 5.69 Å². The Hall–Kier alpha value is -2.49. The van der Waals surface area contributed by atoms with Crippen LogP contribution >= 0.6 is 0 Å². The minimum atomic E-state index is -1.11. The number of rotatable bonds is 6. The van der Waals surface area contributed by atoms with E-state index in [0.717, 1.165) is 5.69 Å². The number of nitrogens with zero attached hydrogens (tertiary/aromatic N) is 1. The molecule has 0 aromatic carbocycles. The van der Waals surface area contributed by atoms with Crippen LogP contribution in [0.5, 0.6) is 0 Å². The van der Waals surface area contributed by atoms with Crippen molar-refractivity contribution >= 4 is 11.9 Å². The normalized spacial score (nSPS) is 11.2. The number of carboxylic acids is 1. The Bertz CT molecular complexity index is 421. The molecule has 0 radical (unpaired) electrons. The summed E-state index contributed by atoms with van der Waals surface area (Å²) in [5.41, 5.74) is 0.725. The molecule has 0 bridgehead atoms. The third-order valence-electron chi connectivity index (χ3n) is 1.97. The number of aliphatic carboxylic acids is 1. The van der Waals surface area contributed by atoms with E-state index < -0.39 is 24.5 Å². The number of carbonyl (C=O) groups excluding carboxylic acids is 1. The molecule has 0 spiro atoms. The summed E-state index contributed by atoms with van der Waals surface area (Å²) in [6.07, 6.45) is 8.42. The van der Waals surface area contributed by atoms with Gasteiger partial charge in [0.05, 0.1) is 6.33 Å². The first kappa shape index (κ1) is 12.6. The van der Waals surface area contributed by atoms with Crippen LogP contribution in [0.15, 0.2) is 12.5 Å². The first-order valence-electron chi connectivity index (χ1n) is 4.81. The molecule has 1 atom stereocenters. The third-order valence-corrected chi connectivity index (χ3v) is 1.97. The van der Waals surface area contributed by atoms with Crippen LogP contribution in [-0.2, 0) is 16.0 Å². The van der Waals surface area contributed by atoms with Crippen molar-refractivity contribution in [2.45, 2.75) is 12.5 Å². The molecule has 0 saturated carbocycles. The monoisotopic (exact) mass is 236 g/mol. The second-order valence-electron chi connectivity index (χ2n) is 3.23. The number of hydrogen-bond donors (Lipinski definition) is 4. The Morgan fingerprint density at radius 2 is 2.41 bits per heavy atom. The molecular weight excluding hydrogens is 224 g/mol. The fraction of sp³-hybridized carbons (Fsp3) is 0.300. The lowest BCUT2D eigenvalue weighted by Crippen LogP contribution is -2.45. The largest absolute Gasteiger partial charge is 0.480 e. The Balaban J connectivity index is 2.56. The van der Waals surface area contributed by atoms with Gasteiger partial charge in [0.2, 0.25) is 5.91 Å². The van der Waals surface area contributed by atoms with E-state index in [2.05, 4.69) is 26.6 Å². The van der Waals surface area contributed by atoms with Crippen LogP contribution in [-0.4, -0.2) is 39.5 Å². The van der Waals surface area contributed by atoms with Gasteiger partial charge in [-0.05, 0) is 0 Å². The molecule has 1 aromatic heterocycles. The van der Waals surface area contributed by atoms with Crippen LogP contribution in [0.25, 0.3) is 0 Å². The molecule has 4 N–H and O–H groups in total. The summed E-state index contributed by atoms with van der Waals surface area (Å²) in [6, 6.07) is 1.46. The Morgan fingerprint density at radius 1 is 1.65 bits per heavy atom. The van der Waals surface area contributed by atoms with E-state index >= 15 is 0 Å². The number of terminal acetylenes is 1. The number of H-pyrrole nitrogens is 1. The lowest BCUT2D eigenvalue weighted by atomic mass is 10.1. The molecule has 0 aliphatic rings. The van der Waals surface area contributed by atoms with E-state index in [1.54, 1.807) is 6.20 Å². The van der Waals surface area contributed by atoms with Crippen LogP contribution < -0.4 is 10.6 Å². The maximum atomic E-state index is 11.6. The standard InChI is InChI=1S/C10H12N4O3/c1-2-12-8(3-7-4-11-6-14-7)10(17)13-5-9(15)16/h1,4,6,8,12H,3,5H2,(H,11,14)(H,13,17)(H,15,16). The molecule has 0 aliphatic carbocycles. The molecule has 17 heavy (non-hydrogen) atoms. The van der Waals surface area contributed by atoms with E-state index in [-0.39, 0.29) is 0 Å². The maximum Gasteiger partial charge on any atom is 0.322 e. The molecule has 1 heterocycles. The average Bonchev–Trinajstić information content (AvgIpc) is 2.78. The Morgan fingerprint density at radius 3 is 2.94 bits per heavy atom. The fourth-order valence-corrected chi connectivity index (χ4v) is 1.21. The van der Waals surface area contributed by atoms with Gasteiger partial charge < -0.3 is 20.7 Å². The summed E-state index contributed by atoms with van der Waals surface area (Å²) < 4.78 is 0. The van der Waals surface area contributed by atoms with E-state index in [4.69, 9.17) is 11.5 Å². The van der Waals surface area contributed by atoms with Gasteiger partial charge in [0.1, 0.15) is 12.6 Å². The molecule has 7 nitrogen and oxygen atoms in total. The molecule has 0 aliphatic heterocycles. The highest BCUT2D eigenvalue weighted by atomic mass is 16.4. The second kappa shape index (κ2) is 6.17. The van der Waals surface area contributed by atoms with Crippen LogP contribution in [0.4, 0.5) is 0 Å². The minimum absolute atomic E-state index is 0.301. The summed E-state index contributed by atoms with van der Waals surface area (Å²) in [7, 11) is 0. The SMILES string of the molecule is C#CNC(Cc1cnc[nH]1)C(=O)NCC(=O)O. The van der Waals surface area contributed by atoms with Crippen molar-refractivity contribution in [3.63, 3.8) is 0 Å². The predicted octanol–water partition coefficient (Wildman–Crippen LogP) is -1.30. The van der Waals surface area contributed by atoms with Crippen LogP contribution in [0.3, 0.4) is 0 Å². The highest BCUT2D eigenvalue weighted by Crippen LogP contribution is 1.98. The van der Waals surface area contributed by atoms with Gasteiger partial charge >= 0.3 is 5.97 Å². The molecule has 0 fully saturated rings. The van der Waals surface area contributed by atoms with E-state index in [1.165, 1.54) is 6.33 Å². The molecule has 0 saturated heterocycles. The van der Waals surface area contributed by atoms with Crippen molar-refractivity contribution in [1.82, 2.24) is 20.6 Å². The number of carbonyl (C=O) groups is 2. The van der Waals surface area contributed by atoms with Gasteiger partial charge in [-0.15, -0.1) is 0 Å². The number of amides is 1. The molecular formula is C10H12N4O3. The zero-order valence-corrected chi connectivity index (χ0v) is 8.93. The fourth-order valence-electron chi connectivity index (χ4n) is 1.21. The van der Waals surface area contributed by atoms with Gasteiger partial charge in [-0.1, -0.05) is 6.42 Å². The van der Waals surface area contributed by atoms with Crippen molar-refractivity contribution < 1.29 is 14.7 Å². The zero-order chi connectivity index (χ0) is 12.7. The molecule has 7 heteroatoms. The number of imidazole rings is 1. The summed E-state index contributed by atoms with van der Waals surface area (Å²) >= 11 is 0. The number of aromatic nitrogens is 2. The quantitative estimate of drug-likeness (QED) is 0.363. The Kier molecular flexibility index (Phi) is 4.57. The third kappa shape index (κ3) is 4.25. The highest BCUT2D eigenvalue weighted by Gasteiger charge is 2.18. The van der Waals surface area contributed by atoms with Crippen molar-refractivity contribution in [2.24, 2.45) is 0 Å². The van der Waals surface area contributed by atoms with E-state index in [1.807, 2.05) is 0 Å². The van der Waals surface area contributed by atoms with Crippen molar-refractivity contribution in [2.75, 3.05) is 6.54 Å². The number of nitrogens with one attached hydrogen (secondary N) is 3. The van der Waals surface area contributed by atoms with Gasteiger partial charge in [0, 0.05) is 24.4 Å². The molecule has 1 rings (SSSR count). The molecule has 90 valence electrons. The van der Waals surface area contributed by atoms with Crippen LogP contribution in [0, 0.1) is 12.5 Å². The summed E-state index contributed by atoms with van der Waals surface area (Å²) in [6.45, 7) is -0.440. The number of aromatic amines is 1. The molecule has 1 unspecified atom stereocenters. The lowest BCUT2D eigenvalue weighted by Gasteiger charge is -2.14. The van der Waals surface area contributed by atoms with Gasteiger partial charge in [-0.2, -0.15) is 0 Å². The van der Waals surface area contributed by atoms with Gasteiger partial charge in [-0.3, -0.25) is 9.59 Å². The number of hydrogen-bond acceptors (Lipinski definition) is 4. The molecule has 1 amide bonds. The minimum Gasteiger partial charge on any atom is -0.480 e. The van der Waals surface area contributed by atoms with Gasteiger partial charge in [0.25, 0.3) is 0 Å². The highest BCUT2D eigenvalue weighted by molar-refractivity contribution is 5.85. The average molecular weight is 236 g/mol. The van der Waals surface area contributed by atoms with Crippen molar-refractivity contribution in [3.8, 4) is 12.5 Å². The van der Waals surface area contributed by atoms with Gasteiger partial charge in [0.15, 0.2) is 0 Å². The zero-order valence-electron chi connectivity index (χ0n) is 8.93. The first-order chi connectivity index (χ1) is 8.13. The summed E-state index contributed by atoms with van der Waals surface area (Å²) in [4.78, 5) is 28.5. The smallest absolute Gasteiger partial charge is 0.322 e. The predicted molar refractivity (Wildman–Crippen MR) is 58.7 cm³/mol. The van der Waals surface area contributed by atoms with Gasteiger partial charge in [-0.25, -0.2) is 4.98 Å².